The zero-order valence-corrected chi connectivity index (χ0v) is 10.8. The van der Waals surface area contributed by atoms with Crippen LogP contribution in [0.4, 0.5) is 0 Å². The summed E-state index contributed by atoms with van der Waals surface area (Å²) in [6.45, 7) is 3.41. The number of benzene rings is 1. The van der Waals surface area contributed by atoms with Gasteiger partial charge in [-0.1, -0.05) is 24.3 Å². The first-order chi connectivity index (χ1) is 8.97. The number of aliphatic hydroxyl groups is 1. The Kier molecular flexibility index (Phi) is 2.41. The molecule has 0 saturated carbocycles. The Morgan fingerprint density at radius 2 is 1.79 bits per heavy atom. The number of carbonyl (C=O) groups excluding carboxylic acids is 2. The van der Waals surface area contributed by atoms with Crippen LogP contribution >= 0.6 is 0 Å². The second-order valence-corrected chi connectivity index (χ2v) is 5.39. The number of carbonyl (C=O) groups is 2. The van der Waals surface area contributed by atoms with Crippen LogP contribution in [0.5, 0.6) is 0 Å². The SMILES string of the molecule is CC1(C)OC2=C(C(=O)C(=O)c3ccccc32)C1CO. The average Bonchev–Trinajstić information content (AvgIpc) is 2.67. The molecule has 1 aliphatic carbocycles. The van der Waals surface area contributed by atoms with Gasteiger partial charge < -0.3 is 9.84 Å². The second kappa shape index (κ2) is 3.78. The normalized spacial score (nSPS) is 24.1. The van der Waals surface area contributed by atoms with Crippen LogP contribution in [0.2, 0.25) is 0 Å². The van der Waals surface area contributed by atoms with E-state index in [1.165, 1.54) is 0 Å². The van der Waals surface area contributed by atoms with Gasteiger partial charge >= 0.3 is 0 Å². The van der Waals surface area contributed by atoms with Gasteiger partial charge in [0.1, 0.15) is 11.4 Å². The molecule has 0 fully saturated rings. The van der Waals surface area contributed by atoms with Gasteiger partial charge in [-0.3, -0.25) is 9.59 Å². The Bertz CT molecular complexity index is 625. The van der Waals surface area contributed by atoms with E-state index in [1.807, 2.05) is 13.8 Å². The van der Waals surface area contributed by atoms with Crippen molar-refractivity contribution < 1.29 is 19.4 Å². The molecule has 1 atom stereocenters. The number of fused-ring (bicyclic) bond motifs is 2. The van der Waals surface area contributed by atoms with Crippen molar-refractivity contribution in [1.82, 2.24) is 0 Å². The molecule has 98 valence electrons. The average molecular weight is 258 g/mol. The van der Waals surface area contributed by atoms with Crippen LogP contribution in [0.25, 0.3) is 5.76 Å². The van der Waals surface area contributed by atoms with E-state index in [4.69, 9.17) is 4.74 Å². The lowest BCUT2D eigenvalue weighted by Crippen LogP contribution is -2.35. The highest BCUT2D eigenvalue weighted by Gasteiger charge is 2.50. The highest BCUT2D eigenvalue weighted by Crippen LogP contribution is 2.46. The number of ether oxygens (including phenoxy) is 1. The van der Waals surface area contributed by atoms with Gasteiger partial charge in [0.15, 0.2) is 0 Å². The lowest BCUT2D eigenvalue weighted by molar-refractivity contribution is -0.112. The van der Waals surface area contributed by atoms with Crippen molar-refractivity contribution in [1.29, 1.82) is 0 Å². The van der Waals surface area contributed by atoms with Crippen LogP contribution in [0, 0.1) is 5.92 Å². The van der Waals surface area contributed by atoms with Crippen LogP contribution in [0.15, 0.2) is 29.8 Å². The summed E-state index contributed by atoms with van der Waals surface area (Å²) >= 11 is 0. The fraction of sp³-hybridized carbons (Fsp3) is 0.333. The van der Waals surface area contributed by atoms with Crippen LogP contribution < -0.4 is 0 Å². The molecule has 0 aromatic heterocycles. The van der Waals surface area contributed by atoms with Crippen molar-refractivity contribution in [3.05, 3.63) is 41.0 Å². The molecule has 3 rings (SSSR count). The van der Waals surface area contributed by atoms with E-state index in [2.05, 4.69) is 0 Å². The zero-order chi connectivity index (χ0) is 13.8. The highest BCUT2D eigenvalue weighted by atomic mass is 16.5. The molecule has 4 nitrogen and oxygen atoms in total. The van der Waals surface area contributed by atoms with E-state index in [9.17, 15) is 14.7 Å². The Morgan fingerprint density at radius 1 is 1.16 bits per heavy atom. The van der Waals surface area contributed by atoms with Gasteiger partial charge in [-0.15, -0.1) is 0 Å². The van der Waals surface area contributed by atoms with Crippen molar-refractivity contribution in [2.75, 3.05) is 6.61 Å². The molecule has 1 heterocycles. The number of hydrogen-bond donors (Lipinski definition) is 1. The van der Waals surface area contributed by atoms with Crippen LogP contribution in [-0.4, -0.2) is 28.9 Å². The minimum absolute atomic E-state index is 0.215. The molecule has 1 aromatic rings. The lowest BCUT2D eigenvalue weighted by atomic mass is 9.79. The Labute approximate surface area is 110 Å². The molecule has 1 N–H and O–H groups in total. The molecule has 1 aliphatic heterocycles. The molecule has 2 aliphatic rings. The van der Waals surface area contributed by atoms with Gasteiger partial charge in [0.2, 0.25) is 11.6 Å². The zero-order valence-electron chi connectivity index (χ0n) is 10.8. The third-order valence-corrected chi connectivity index (χ3v) is 3.85. The van der Waals surface area contributed by atoms with Crippen molar-refractivity contribution in [2.45, 2.75) is 19.4 Å². The quantitative estimate of drug-likeness (QED) is 0.777. The van der Waals surface area contributed by atoms with Gasteiger partial charge in [0.05, 0.1) is 18.1 Å². The summed E-state index contributed by atoms with van der Waals surface area (Å²) < 4.78 is 5.85. The maximum Gasteiger partial charge on any atom is 0.234 e. The first-order valence-corrected chi connectivity index (χ1v) is 6.20. The summed E-state index contributed by atoms with van der Waals surface area (Å²) in [5.41, 5.74) is 0.648. The van der Waals surface area contributed by atoms with E-state index in [0.717, 1.165) is 0 Å². The van der Waals surface area contributed by atoms with E-state index in [1.54, 1.807) is 24.3 Å². The van der Waals surface area contributed by atoms with Crippen molar-refractivity contribution in [2.24, 2.45) is 5.92 Å². The maximum atomic E-state index is 12.2. The molecule has 1 aromatic carbocycles. The minimum Gasteiger partial charge on any atom is -0.486 e. The summed E-state index contributed by atoms with van der Waals surface area (Å²) in [6.07, 6.45) is 0. The monoisotopic (exact) mass is 258 g/mol. The largest absolute Gasteiger partial charge is 0.486 e. The Hall–Kier alpha value is -1.94. The third-order valence-electron chi connectivity index (χ3n) is 3.85. The standard InChI is InChI=1S/C15H14O4/c1-15(2)10(7-16)11-13(18)12(17)8-5-3-4-6-9(8)14(11)19-15/h3-6,10,16H,7H2,1-2H3. The molecular weight excluding hydrogens is 244 g/mol. The molecule has 4 heteroatoms. The van der Waals surface area contributed by atoms with E-state index in [0.29, 0.717) is 22.5 Å². The van der Waals surface area contributed by atoms with Crippen LogP contribution in [0.1, 0.15) is 29.8 Å². The molecule has 0 saturated heterocycles. The van der Waals surface area contributed by atoms with Gasteiger partial charge in [0, 0.05) is 11.1 Å². The van der Waals surface area contributed by atoms with Crippen LogP contribution in [-0.2, 0) is 9.53 Å². The number of aliphatic hydroxyl groups excluding tert-OH is 1. The van der Waals surface area contributed by atoms with Gasteiger partial charge in [-0.25, -0.2) is 0 Å². The molecule has 1 unspecified atom stereocenters. The smallest absolute Gasteiger partial charge is 0.234 e. The third kappa shape index (κ3) is 1.50. The summed E-state index contributed by atoms with van der Waals surface area (Å²) in [7, 11) is 0. The van der Waals surface area contributed by atoms with Crippen molar-refractivity contribution >= 4 is 17.3 Å². The highest BCUT2D eigenvalue weighted by molar-refractivity contribution is 6.52. The van der Waals surface area contributed by atoms with Gasteiger partial charge in [-0.2, -0.15) is 0 Å². The lowest BCUT2D eigenvalue weighted by Gasteiger charge is -2.25. The van der Waals surface area contributed by atoms with E-state index in [-0.39, 0.29) is 6.61 Å². The summed E-state index contributed by atoms with van der Waals surface area (Å²) in [5, 5.41) is 9.51. The maximum absolute atomic E-state index is 12.2. The molecular formula is C15H14O4. The van der Waals surface area contributed by atoms with Crippen molar-refractivity contribution in [3.8, 4) is 0 Å². The predicted octanol–water partition coefficient (Wildman–Crippen LogP) is 1.58. The first-order valence-electron chi connectivity index (χ1n) is 6.20. The number of rotatable bonds is 1. The molecule has 0 amide bonds. The number of ketones is 2. The molecule has 0 bridgehead atoms. The van der Waals surface area contributed by atoms with E-state index >= 15 is 0 Å². The summed E-state index contributed by atoms with van der Waals surface area (Å²) in [6, 6.07) is 6.92. The topological polar surface area (TPSA) is 63.6 Å². The van der Waals surface area contributed by atoms with Gasteiger partial charge in [-0.05, 0) is 13.8 Å². The van der Waals surface area contributed by atoms with Crippen molar-refractivity contribution in [3.63, 3.8) is 0 Å². The van der Waals surface area contributed by atoms with Gasteiger partial charge in [0.25, 0.3) is 0 Å². The minimum atomic E-state index is -0.688. The second-order valence-electron chi connectivity index (χ2n) is 5.39. The first kappa shape index (κ1) is 12.1. The molecule has 0 spiro atoms. The molecule has 19 heavy (non-hydrogen) atoms. The fourth-order valence-corrected chi connectivity index (χ4v) is 2.79. The Morgan fingerprint density at radius 3 is 2.42 bits per heavy atom. The predicted molar refractivity (Wildman–Crippen MR) is 68.4 cm³/mol. The number of hydrogen-bond acceptors (Lipinski definition) is 4. The summed E-state index contributed by atoms with van der Waals surface area (Å²) in [5.74, 6) is -1.09. The van der Waals surface area contributed by atoms with Crippen LogP contribution in [0.3, 0.4) is 0 Å². The summed E-state index contributed by atoms with van der Waals surface area (Å²) in [4.78, 5) is 24.3. The molecule has 0 radical (unpaired) electrons. The number of Topliss-reactive ketones (excluding diaryl/α,β-unsaturated/α-hetero) is 2. The van der Waals surface area contributed by atoms with E-state index < -0.39 is 23.1 Å². The fourth-order valence-electron chi connectivity index (χ4n) is 2.79. The Balaban J connectivity index is 2.26.